The second-order valence-electron chi connectivity index (χ2n) is 17.0. The number of anilines is 1. The summed E-state index contributed by atoms with van der Waals surface area (Å²) < 4.78 is 23.9. The van der Waals surface area contributed by atoms with Gasteiger partial charge in [-0.3, -0.25) is 9.59 Å². The number of ether oxygens (including phenoxy) is 4. The van der Waals surface area contributed by atoms with Crippen molar-refractivity contribution in [3.8, 4) is 22.9 Å². The topological polar surface area (TPSA) is 191 Å². The second-order valence-corrected chi connectivity index (χ2v) is 18.3. The lowest BCUT2D eigenvalue weighted by Crippen LogP contribution is -2.59. The number of nitrogens with one attached hydrogen (secondary N) is 3. The van der Waals surface area contributed by atoms with Crippen LogP contribution >= 0.6 is 22.9 Å². The normalized spacial score (nSPS) is 26.9. The largest absolute Gasteiger partial charge is 0.495 e. The zero-order valence-electron chi connectivity index (χ0n) is 33.5. The molecule has 4 N–H and O–H groups in total. The van der Waals surface area contributed by atoms with Gasteiger partial charge in [-0.15, -0.1) is 17.9 Å². The van der Waals surface area contributed by atoms with Gasteiger partial charge in [-0.1, -0.05) is 38.4 Å². The van der Waals surface area contributed by atoms with Crippen molar-refractivity contribution in [3.05, 3.63) is 41.3 Å². The van der Waals surface area contributed by atoms with Crippen molar-refractivity contribution in [1.29, 1.82) is 0 Å². The summed E-state index contributed by atoms with van der Waals surface area (Å²) in [5.41, 5.74) is -0.893. The molecule has 7 rings (SSSR count). The second kappa shape index (κ2) is 16.2. The number of amides is 3. The Morgan fingerprint density at radius 1 is 1.09 bits per heavy atom. The smallest absolute Gasteiger partial charge is 0.408 e. The minimum atomic E-state index is -1.54. The summed E-state index contributed by atoms with van der Waals surface area (Å²) in [6.07, 6.45) is 2.97. The number of thiazole rings is 1. The van der Waals surface area contributed by atoms with Crippen molar-refractivity contribution in [2.45, 2.75) is 121 Å². The number of rotatable bonds is 13. The number of fused-ring (bicyclic) bond motifs is 3. The van der Waals surface area contributed by atoms with Gasteiger partial charge in [0.15, 0.2) is 5.13 Å². The van der Waals surface area contributed by atoms with Crippen LogP contribution in [0.25, 0.3) is 22.3 Å². The molecular formula is C41H51ClN6O9S. The van der Waals surface area contributed by atoms with Crippen LogP contribution in [0.2, 0.25) is 5.02 Å². The molecule has 4 fully saturated rings. The molecule has 3 saturated heterocycles. The van der Waals surface area contributed by atoms with Gasteiger partial charge in [0.05, 0.1) is 37.1 Å². The van der Waals surface area contributed by atoms with E-state index < -0.39 is 58.9 Å². The molecule has 1 aliphatic carbocycles. The molecule has 3 aliphatic heterocycles. The van der Waals surface area contributed by atoms with Crippen molar-refractivity contribution in [1.82, 2.24) is 25.5 Å². The van der Waals surface area contributed by atoms with Crippen LogP contribution in [0.15, 0.2) is 36.2 Å². The number of carbonyl (C=O) groups excluding carboxylic acids is 3. The summed E-state index contributed by atoms with van der Waals surface area (Å²) in [6, 6.07) is 3.12. The predicted molar refractivity (Wildman–Crippen MR) is 218 cm³/mol. The number of hydrogen-bond acceptors (Lipinski definition) is 12. The van der Waals surface area contributed by atoms with Crippen LogP contribution in [0.4, 0.5) is 9.93 Å². The molecule has 1 aromatic carbocycles. The number of pyridine rings is 1. The quantitative estimate of drug-likeness (QED) is 0.143. The number of halogens is 1. The highest BCUT2D eigenvalue weighted by molar-refractivity contribution is 7.14. The highest BCUT2D eigenvalue weighted by Gasteiger charge is 2.61. The van der Waals surface area contributed by atoms with Crippen LogP contribution in [-0.4, -0.2) is 106 Å². The van der Waals surface area contributed by atoms with E-state index in [4.69, 9.17) is 40.5 Å². The van der Waals surface area contributed by atoms with Crippen LogP contribution in [-0.2, 0) is 23.9 Å². The summed E-state index contributed by atoms with van der Waals surface area (Å²) in [6.45, 7) is 13.1. The molecule has 4 aliphatic rings. The third kappa shape index (κ3) is 8.41. The molecule has 2 bridgehead atoms. The molecule has 312 valence electrons. The van der Waals surface area contributed by atoms with Crippen molar-refractivity contribution >= 4 is 62.8 Å². The van der Waals surface area contributed by atoms with Crippen molar-refractivity contribution in [2.75, 3.05) is 19.0 Å². The number of aromatic nitrogens is 2. The first-order valence-corrected chi connectivity index (χ1v) is 20.9. The van der Waals surface area contributed by atoms with Crippen LogP contribution < -0.4 is 25.4 Å². The van der Waals surface area contributed by atoms with Crippen molar-refractivity contribution in [3.63, 3.8) is 0 Å². The Morgan fingerprint density at radius 2 is 1.81 bits per heavy atom. The fourth-order valence-corrected chi connectivity index (χ4v) is 9.33. The first-order chi connectivity index (χ1) is 27.5. The van der Waals surface area contributed by atoms with Crippen LogP contribution in [0, 0.1) is 11.3 Å². The fraction of sp³-hybridized carbons (Fsp3) is 0.561. The van der Waals surface area contributed by atoms with Gasteiger partial charge >= 0.3 is 12.1 Å². The Balaban J connectivity index is 1.20. The maximum absolute atomic E-state index is 14.7. The molecule has 17 heteroatoms. The zero-order valence-corrected chi connectivity index (χ0v) is 35.1. The number of nitrogens with zero attached hydrogens (tertiary/aromatic N) is 3. The lowest BCUT2D eigenvalue weighted by molar-refractivity contribution is -0.146. The minimum Gasteiger partial charge on any atom is -0.495 e. The molecule has 8 atom stereocenters. The van der Waals surface area contributed by atoms with Gasteiger partial charge in [-0.05, 0) is 50.7 Å². The average Bonchev–Trinajstić information content (AvgIpc) is 3.42. The minimum absolute atomic E-state index is 0.0143. The number of methoxy groups -OCH3 is 1. The molecular weight excluding hydrogens is 788 g/mol. The monoisotopic (exact) mass is 838 g/mol. The van der Waals surface area contributed by atoms with Gasteiger partial charge < -0.3 is 44.9 Å². The fourth-order valence-electron chi connectivity index (χ4n) is 8.20. The Kier molecular flexibility index (Phi) is 11.6. The summed E-state index contributed by atoms with van der Waals surface area (Å²) in [7, 11) is 1.51. The molecule has 58 heavy (non-hydrogen) atoms. The van der Waals surface area contributed by atoms with E-state index in [-0.39, 0.29) is 48.8 Å². The number of carboxylic acids is 1. The molecule has 5 heterocycles. The number of aliphatic carboxylic acids is 1. The van der Waals surface area contributed by atoms with Gasteiger partial charge in [-0.25, -0.2) is 19.6 Å². The Bertz CT molecular complexity index is 2090. The third-order valence-corrected chi connectivity index (χ3v) is 12.4. The zero-order chi connectivity index (χ0) is 41.7. The number of hydrogen-bond donors (Lipinski definition) is 4. The van der Waals surface area contributed by atoms with E-state index in [1.165, 1.54) is 29.4 Å². The molecule has 2 aromatic heterocycles. The molecule has 0 spiro atoms. The van der Waals surface area contributed by atoms with E-state index in [1.54, 1.807) is 18.2 Å². The van der Waals surface area contributed by atoms with Gasteiger partial charge in [0.1, 0.15) is 52.0 Å². The maximum atomic E-state index is 14.7. The SMILES string of the molecule is C=C[C@@H]1C[C@]1(NC(=O)[C@@H]1C[C@@H](Oc2cc(-c3csc(NC(C)C)n3)nc3c(Cl)c(OC)ccc23)CN1C(=O)C(NC(=O)O[C@H]1C[C@H]2CC[C@@H](C1)O2)C(C)(C)C)C(=O)O. The molecule has 1 unspecified atom stereocenters. The van der Waals surface area contributed by atoms with Gasteiger partial charge in [-0.2, -0.15) is 0 Å². The number of likely N-dealkylation sites (tertiary alicyclic amines) is 1. The first-order valence-electron chi connectivity index (χ1n) is 19.7. The summed E-state index contributed by atoms with van der Waals surface area (Å²) in [4.78, 5) is 65.8. The van der Waals surface area contributed by atoms with E-state index in [0.29, 0.717) is 51.8 Å². The summed E-state index contributed by atoms with van der Waals surface area (Å²) >= 11 is 8.25. The molecule has 3 amide bonds. The number of carboxylic acid groups (broad SMARTS) is 1. The van der Waals surface area contributed by atoms with Gasteiger partial charge in [0.25, 0.3) is 0 Å². The van der Waals surface area contributed by atoms with Crippen LogP contribution in [0.3, 0.4) is 0 Å². The number of carbonyl (C=O) groups is 4. The van der Waals surface area contributed by atoms with Crippen LogP contribution in [0.1, 0.15) is 73.1 Å². The predicted octanol–water partition coefficient (Wildman–Crippen LogP) is 6.19. The number of alkyl carbamates (subject to hydrolysis) is 1. The lowest BCUT2D eigenvalue weighted by atomic mass is 9.85. The average molecular weight is 839 g/mol. The van der Waals surface area contributed by atoms with E-state index in [9.17, 15) is 24.3 Å². The van der Waals surface area contributed by atoms with E-state index in [2.05, 4.69) is 22.5 Å². The Hall–Kier alpha value is -4.67. The lowest BCUT2D eigenvalue weighted by Gasteiger charge is -2.36. The van der Waals surface area contributed by atoms with E-state index in [1.807, 2.05) is 40.0 Å². The van der Waals surface area contributed by atoms with Gasteiger partial charge in [0, 0.05) is 48.1 Å². The Morgan fingerprint density at radius 3 is 2.43 bits per heavy atom. The Labute approximate surface area is 346 Å². The van der Waals surface area contributed by atoms with E-state index in [0.717, 1.165) is 12.8 Å². The molecule has 3 aromatic rings. The van der Waals surface area contributed by atoms with E-state index >= 15 is 0 Å². The van der Waals surface area contributed by atoms with Crippen molar-refractivity contribution < 1.29 is 43.2 Å². The van der Waals surface area contributed by atoms with Gasteiger partial charge in [0.2, 0.25) is 11.8 Å². The highest BCUT2D eigenvalue weighted by Crippen LogP contribution is 2.45. The molecule has 1 saturated carbocycles. The highest BCUT2D eigenvalue weighted by atomic mass is 35.5. The number of benzene rings is 1. The third-order valence-electron chi connectivity index (χ3n) is 11.3. The first kappa shape index (κ1) is 41.5. The molecule has 15 nitrogen and oxygen atoms in total. The molecule has 0 radical (unpaired) electrons. The maximum Gasteiger partial charge on any atom is 0.408 e. The standard InChI is InChI=1S/C41H51ClN6O9S/c1-8-21-17-41(21,37(51)52)47-35(49)29-15-25(18-48(29)36(50)34(40(4,5)6)46-39(53)57-24-13-22-9-10-23(14-24)55-22)56-31-16-27(28-19-58-38(45-28)43-20(2)3)44-33-26(31)11-12-30(54-7)32(33)42/h8,11-12,16,19-25,29,34H,1,9-10,13-15,17-18H2,2-7H3,(H,43,45)(H,46,53)(H,47,49)(H,51,52)/t21-,22-,23+,24+,25-,29+,34?,41-/m1/s1. The van der Waals surface area contributed by atoms with Crippen molar-refractivity contribution in [2.24, 2.45) is 11.3 Å². The van der Waals surface area contributed by atoms with Crippen LogP contribution in [0.5, 0.6) is 11.5 Å². The summed E-state index contributed by atoms with van der Waals surface area (Å²) in [5.74, 6) is -2.07. The summed E-state index contributed by atoms with van der Waals surface area (Å²) in [5, 5.41) is 22.4.